The summed E-state index contributed by atoms with van der Waals surface area (Å²) in [5.74, 6) is -0.573. The summed E-state index contributed by atoms with van der Waals surface area (Å²) in [7, 11) is -2.55. The lowest BCUT2D eigenvalue weighted by atomic mass is 10.1. The third-order valence-corrected chi connectivity index (χ3v) is 4.65. The highest BCUT2D eigenvalue weighted by molar-refractivity contribution is 7.33. The SMILES string of the molecule is CCCCO[PH](=O)OCCC[C@@H](NC(=O)OC(C)(C)C)C(=O)OCc1ccccc1. The molecule has 0 saturated carbocycles. The molecule has 0 aliphatic carbocycles. The van der Waals surface area contributed by atoms with Crippen LogP contribution in [0.1, 0.15) is 58.9 Å². The smallest absolute Gasteiger partial charge is 0.408 e. The van der Waals surface area contributed by atoms with Crippen LogP contribution in [0.4, 0.5) is 4.79 Å². The summed E-state index contributed by atoms with van der Waals surface area (Å²) in [6.45, 7) is 7.85. The Morgan fingerprint density at radius 1 is 1.07 bits per heavy atom. The van der Waals surface area contributed by atoms with Crippen LogP contribution in [0, 0.1) is 0 Å². The van der Waals surface area contributed by atoms with Crippen LogP contribution in [0.15, 0.2) is 30.3 Å². The summed E-state index contributed by atoms with van der Waals surface area (Å²) in [5, 5.41) is 2.55. The molecule has 0 bridgehead atoms. The molecule has 0 aromatic heterocycles. The molecule has 1 aromatic rings. The molecule has 0 spiro atoms. The predicted octanol–water partition coefficient (Wildman–Crippen LogP) is 4.63. The van der Waals surface area contributed by atoms with Crippen LogP contribution in [0.2, 0.25) is 0 Å². The summed E-state index contributed by atoms with van der Waals surface area (Å²) in [6, 6.07) is 8.34. The Labute approximate surface area is 179 Å². The Morgan fingerprint density at radius 3 is 2.30 bits per heavy atom. The summed E-state index contributed by atoms with van der Waals surface area (Å²) in [4.78, 5) is 24.6. The van der Waals surface area contributed by atoms with Crippen molar-refractivity contribution in [3.8, 4) is 0 Å². The van der Waals surface area contributed by atoms with Gasteiger partial charge >= 0.3 is 20.3 Å². The first kappa shape index (κ1) is 26.1. The average molecular weight is 443 g/mol. The van der Waals surface area contributed by atoms with E-state index in [-0.39, 0.29) is 19.6 Å². The van der Waals surface area contributed by atoms with Crippen LogP contribution < -0.4 is 5.32 Å². The quantitative estimate of drug-likeness (QED) is 0.270. The maximum Gasteiger partial charge on any atom is 0.408 e. The number of ether oxygens (including phenoxy) is 2. The summed E-state index contributed by atoms with van der Waals surface area (Å²) in [6.07, 6.45) is 1.68. The number of hydrogen-bond donors (Lipinski definition) is 1. The lowest BCUT2D eigenvalue weighted by Crippen LogP contribution is -2.44. The van der Waals surface area contributed by atoms with Crippen LogP contribution in [-0.2, 0) is 34.5 Å². The van der Waals surface area contributed by atoms with Gasteiger partial charge in [-0.05, 0) is 45.6 Å². The number of rotatable bonds is 13. The van der Waals surface area contributed by atoms with Gasteiger partial charge in [0.2, 0.25) is 0 Å². The largest absolute Gasteiger partial charge is 0.459 e. The van der Waals surface area contributed by atoms with E-state index >= 15 is 0 Å². The zero-order valence-corrected chi connectivity index (χ0v) is 19.3. The molecule has 1 amide bonds. The lowest BCUT2D eigenvalue weighted by Gasteiger charge is -2.23. The fourth-order valence-corrected chi connectivity index (χ4v) is 3.02. The highest BCUT2D eigenvalue weighted by atomic mass is 31.1. The number of amides is 1. The van der Waals surface area contributed by atoms with Crippen molar-refractivity contribution in [3.63, 3.8) is 0 Å². The van der Waals surface area contributed by atoms with Crippen LogP contribution in [0.3, 0.4) is 0 Å². The third-order valence-electron chi connectivity index (χ3n) is 3.77. The summed E-state index contributed by atoms with van der Waals surface area (Å²) in [5.41, 5.74) is 0.148. The van der Waals surface area contributed by atoms with Gasteiger partial charge in [-0.2, -0.15) is 0 Å². The minimum Gasteiger partial charge on any atom is -0.459 e. The van der Waals surface area contributed by atoms with E-state index in [9.17, 15) is 14.2 Å². The molecule has 8 nitrogen and oxygen atoms in total. The molecule has 0 aliphatic heterocycles. The molecule has 0 aliphatic rings. The Bertz CT molecular complexity index is 661. The van der Waals surface area contributed by atoms with E-state index in [1.165, 1.54) is 0 Å². The van der Waals surface area contributed by atoms with Gasteiger partial charge in [-0.25, -0.2) is 9.59 Å². The molecule has 9 heteroatoms. The van der Waals surface area contributed by atoms with Crippen molar-refractivity contribution >= 4 is 20.3 Å². The second-order valence-corrected chi connectivity index (χ2v) is 8.81. The molecular weight excluding hydrogens is 409 g/mol. The molecule has 0 fully saturated rings. The molecule has 30 heavy (non-hydrogen) atoms. The summed E-state index contributed by atoms with van der Waals surface area (Å²) >= 11 is 0. The van der Waals surface area contributed by atoms with Gasteiger partial charge in [0, 0.05) is 0 Å². The minimum absolute atomic E-state index is 0.0989. The molecule has 170 valence electrons. The predicted molar refractivity (Wildman–Crippen MR) is 114 cm³/mol. The number of alkyl carbamates (subject to hydrolysis) is 1. The zero-order chi connectivity index (χ0) is 22.4. The fraction of sp³-hybridized carbons (Fsp3) is 0.619. The van der Waals surface area contributed by atoms with Crippen molar-refractivity contribution in [1.82, 2.24) is 5.32 Å². The monoisotopic (exact) mass is 443 g/mol. The number of nitrogens with one attached hydrogen (secondary N) is 1. The second kappa shape index (κ2) is 14.2. The van der Waals surface area contributed by atoms with Crippen molar-refractivity contribution in [3.05, 3.63) is 35.9 Å². The van der Waals surface area contributed by atoms with E-state index in [0.29, 0.717) is 13.0 Å². The first-order valence-corrected chi connectivity index (χ1v) is 11.4. The first-order valence-electron chi connectivity index (χ1n) is 10.2. The number of benzene rings is 1. The third kappa shape index (κ3) is 12.6. The van der Waals surface area contributed by atoms with E-state index < -0.39 is 32.0 Å². The lowest BCUT2D eigenvalue weighted by molar-refractivity contribution is -0.147. The van der Waals surface area contributed by atoms with Crippen LogP contribution in [0.5, 0.6) is 0 Å². The van der Waals surface area contributed by atoms with Crippen molar-refractivity contribution in [2.75, 3.05) is 13.2 Å². The highest BCUT2D eigenvalue weighted by Crippen LogP contribution is 2.24. The number of hydrogen-bond acceptors (Lipinski definition) is 7. The molecule has 0 heterocycles. The van der Waals surface area contributed by atoms with Gasteiger partial charge < -0.3 is 23.8 Å². The molecule has 0 saturated heterocycles. The van der Waals surface area contributed by atoms with Gasteiger partial charge in [-0.1, -0.05) is 43.7 Å². The minimum atomic E-state index is -2.55. The molecule has 1 N–H and O–H groups in total. The van der Waals surface area contributed by atoms with Gasteiger partial charge in [0.05, 0.1) is 13.2 Å². The summed E-state index contributed by atoms with van der Waals surface area (Å²) < 4.78 is 32.5. The van der Waals surface area contributed by atoms with E-state index in [1.807, 2.05) is 37.3 Å². The van der Waals surface area contributed by atoms with Crippen molar-refractivity contribution in [2.45, 2.75) is 71.6 Å². The van der Waals surface area contributed by atoms with Crippen LogP contribution in [-0.4, -0.2) is 36.9 Å². The van der Waals surface area contributed by atoms with E-state index in [1.54, 1.807) is 20.8 Å². The van der Waals surface area contributed by atoms with Gasteiger partial charge in [-0.3, -0.25) is 4.57 Å². The maximum atomic E-state index is 12.5. The van der Waals surface area contributed by atoms with Crippen molar-refractivity contribution < 1.29 is 32.7 Å². The molecule has 2 atom stereocenters. The molecule has 1 rings (SSSR count). The van der Waals surface area contributed by atoms with Crippen LogP contribution >= 0.6 is 8.25 Å². The standard InChI is InChI=1S/C21H34NO7P/c1-5-6-14-27-30(25)28-15-10-13-18(22-20(24)29-21(2,3)4)19(23)26-16-17-11-8-7-9-12-17/h7-9,11-12,18,30H,5-6,10,13-16H2,1-4H3,(H,22,24)/t18-/m1/s1. The van der Waals surface area contributed by atoms with Gasteiger partial charge in [0.15, 0.2) is 0 Å². The van der Waals surface area contributed by atoms with E-state index in [0.717, 1.165) is 18.4 Å². The Hall–Kier alpha value is -1.89. The molecular formula is C21H34NO7P. The Balaban J connectivity index is 2.53. The Kier molecular flexibility index (Phi) is 12.4. The van der Waals surface area contributed by atoms with Gasteiger partial charge in [-0.15, -0.1) is 0 Å². The topological polar surface area (TPSA) is 100 Å². The maximum absolute atomic E-state index is 12.5. The van der Waals surface area contributed by atoms with E-state index in [4.69, 9.17) is 18.5 Å². The molecule has 0 radical (unpaired) electrons. The fourth-order valence-electron chi connectivity index (χ4n) is 2.31. The van der Waals surface area contributed by atoms with Gasteiger partial charge in [0.1, 0.15) is 18.2 Å². The number of carbonyl (C=O) groups excluding carboxylic acids is 2. The van der Waals surface area contributed by atoms with Gasteiger partial charge in [0.25, 0.3) is 0 Å². The molecule has 1 aromatic carbocycles. The zero-order valence-electron chi connectivity index (χ0n) is 18.3. The Morgan fingerprint density at radius 2 is 1.70 bits per heavy atom. The second-order valence-electron chi connectivity index (χ2n) is 7.73. The van der Waals surface area contributed by atoms with Crippen LogP contribution in [0.25, 0.3) is 0 Å². The average Bonchev–Trinajstić information content (AvgIpc) is 2.68. The number of unbranched alkanes of at least 4 members (excludes halogenated alkanes) is 1. The molecule has 1 unspecified atom stereocenters. The highest BCUT2D eigenvalue weighted by Gasteiger charge is 2.25. The first-order chi connectivity index (χ1) is 14.2. The van der Waals surface area contributed by atoms with Crippen molar-refractivity contribution in [2.24, 2.45) is 0 Å². The van der Waals surface area contributed by atoms with Crippen molar-refractivity contribution in [1.29, 1.82) is 0 Å². The normalized spacial score (nSPS) is 13.3. The number of esters is 1. The number of carbonyl (C=O) groups is 2. The van der Waals surface area contributed by atoms with E-state index in [2.05, 4.69) is 5.32 Å².